The molecule has 138 valence electrons. The molecular weight excluding hydrogens is 324 g/mol. The van der Waals surface area contributed by atoms with Gasteiger partial charge in [0.05, 0.1) is 12.7 Å². The lowest BCUT2D eigenvalue weighted by molar-refractivity contribution is -0.147. The molecule has 0 saturated carbocycles. The molecule has 25 heavy (non-hydrogen) atoms. The zero-order valence-corrected chi connectivity index (χ0v) is 15.4. The van der Waals surface area contributed by atoms with Crippen LogP contribution in [0.4, 0.5) is 5.69 Å². The van der Waals surface area contributed by atoms with E-state index in [0.717, 1.165) is 5.69 Å². The first kappa shape index (κ1) is 20.5. The number of benzene rings is 1. The highest BCUT2D eigenvalue weighted by molar-refractivity contribution is 5.93. The lowest BCUT2D eigenvalue weighted by Crippen LogP contribution is -2.47. The summed E-state index contributed by atoms with van der Waals surface area (Å²) in [5.41, 5.74) is 1.20. The first-order chi connectivity index (χ1) is 11.8. The van der Waals surface area contributed by atoms with Crippen molar-refractivity contribution in [2.75, 3.05) is 32.7 Å². The number of methoxy groups -OCH3 is 1. The second kappa shape index (κ2) is 9.66. The molecule has 1 aromatic rings. The molecule has 1 N–H and O–H groups in total. The molecule has 1 aromatic carbocycles. The molecule has 1 rings (SSSR count). The molecule has 0 aromatic heterocycles. The van der Waals surface area contributed by atoms with Crippen molar-refractivity contribution >= 4 is 23.5 Å². The molecule has 7 nitrogen and oxygen atoms in total. The van der Waals surface area contributed by atoms with E-state index in [2.05, 4.69) is 5.32 Å². The van der Waals surface area contributed by atoms with Crippen LogP contribution in [0.2, 0.25) is 0 Å². The van der Waals surface area contributed by atoms with Crippen molar-refractivity contribution in [3.05, 3.63) is 29.8 Å². The minimum absolute atomic E-state index is 0.0936. The van der Waals surface area contributed by atoms with Crippen molar-refractivity contribution in [3.63, 3.8) is 0 Å². The largest absolute Gasteiger partial charge is 0.467 e. The van der Waals surface area contributed by atoms with E-state index in [1.165, 1.54) is 7.11 Å². The van der Waals surface area contributed by atoms with Crippen LogP contribution in [-0.2, 0) is 19.1 Å². The maximum atomic E-state index is 12.1. The first-order valence-electron chi connectivity index (χ1n) is 8.11. The molecule has 1 amide bonds. The molecule has 2 atom stereocenters. The van der Waals surface area contributed by atoms with Gasteiger partial charge in [0.15, 0.2) is 6.61 Å². The summed E-state index contributed by atoms with van der Waals surface area (Å²) in [5, 5.41) is 2.56. The summed E-state index contributed by atoms with van der Waals surface area (Å²) in [4.78, 5) is 37.7. The van der Waals surface area contributed by atoms with Crippen molar-refractivity contribution in [3.8, 4) is 0 Å². The molecule has 2 unspecified atom stereocenters. The van der Waals surface area contributed by atoms with Crippen LogP contribution in [0.3, 0.4) is 0 Å². The fraction of sp³-hybridized carbons (Fsp3) is 0.500. The van der Waals surface area contributed by atoms with E-state index >= 15 is 0 Å². The molecule has 0 spiro atoms. The third kappa shape index (κ3) is 6.10. The highest BCUT2D eigenvalue weighted by atomic mass is 16.5. The highest BCUT2D eigenvalue weighted by Gasteiger charge is 2.27. The van der Waals surface area contributed by atoms with Crippen molar-refractivity contribution in [1.82, 2.24) is 5.32 Å². The monoisotopic (exact) mass is 350 g/mol. The van der Waals surface area contributed by atoms with Crippen LogP contribution < -0.4 is 10.2 Å². The Morgan fingerprint density at radius 1 is 1.24 bits per heavy atom. The maximum Gasteiger partial charge on any atom is 0.338 e. The van der Waals surface area contributed by atoms with Gasteiger partial charge in [0.2, 0.25) is 0 Å². The molecular formula is C18H26N2O5. The molecule has 0 aliphatic rings. The Morgan fingerprint density at radius 2 is 1.92 bits per heavy atom. The van der Waals surface area contributed by atoms with Crippen LogP contribution in [0.15, 0.2) is 24.3 Å². The predicted molar refractivity (Wildman–Crippen MR) is 94.5 cm³/mol. The average molecular weight is 350 g/mol. The number of nitrogens with one attached hydrogen (secondary N) is 1. The first-order valence-corrected chi connectivity index (χ1v) is 8.11. The Hall–Kier alpha value is -2.57. The summed E-state index contributed by atoms with van der Waals surface area (Å²) in [6, 6.07) is 6.12. The molecule has 0 heterocycles. The van der Waals surface area contributed by atoms with E-state index in [1.54, 1.807) is 18.2 Å². The number of esters is 2. The number of ether oxygens (including phenoxy) is 2. The molecule has 0 fully saturated rings. The van der Waals surface area contributed by atoms with E-state index in [4.69, 9.17) is 9.47 Å². The number of nitrogens with zero attached hydrogens (tertiary/aromatic N) is 1. The van der Waals surface area contributed by atoms with Gasteiger partial charge in [0, 0.05) is 19.8 Å². The van der Waals surface area contributed by atoms with Gasteiger partial charge in [-0.15, -0.1) is 0 Å². The zero-order valence-electron chi connectivity index (χ0n) is 15.4. The number of hydrogen-bond acceptors (Lipinski definition) is 6. The van der Waals surface area contributed by atoms with Gasteiger partial charge in [-0.1, -0.05) is 26.3 Å². The van der Waals surface area contributed by atoms with Gasteiger partial charge in [-0.3, -0.25) is 4.79 Å². The van der Waals surface area contributed by atoms with Crippen molar-refractivity contribution in [1.29, 1.82) is 0 Å². The summed E-state index contributed by atoms with van der Waals surface area (Å²) in [7, 11) is 4.99. The van der Waals surface area contributed by atoms with Gasteiger partial charge in [0.25, 0.3) is 5.91 Å². The number of hydrogen-bond donors (Lipinski definition) is 1. The smallest absolute Gasteiger partial charge is 0.338 e. The quantitative estimate of drug-likeness (QED) is 0.717. The molecule has 0 aliphatic heterocycles. The summed E-state index contributed by atoms with van der Waals surface area (Å²) in [6.45, 7) is 3.28. The normalized spacial score (nSPS) is 12.7. The second-order valence-corrected chi connectivity index (χ2v) is 5.97. The van der Waals surface area contributed by atoms with Crippen LogP contribution in [0.25, 0.3) is 0 Å². The van der Waals surface area contributed by atoms with Gasteiger partial charge in [0.1, 0.15) is 6.04 Å². The van der Waals surface area contributed by atoms with E-state index in [9.17, 15) is 14.4 Å². The minimum Gasteiger partial charge on any atom is -0.467 e. The Balaban J connectivity index is 2.64. The molecule has 0 aliphatic carbocycles. The van der Waals surface area contributed by atoms with Gasteiger partial charge >= 0.3 is 11.9 Å². The molecule has 0 saturated heterocycles. The van der Waals surface area contributed by atoms with Crippen LogP contribution in [0, 0.1) is 5.92 Å². The zero-order chi connectivity index (χ0) is 19.0. The summed E-state index contributed by atoms with van der Waals surface area (Å²) >= 11 is 0. The molecule has 7 heteroatoms. The third-order valence-corrected chi connectivity index (χ3v) is 3.92. The van der Waals surface area contributed by atoms with Gasteiger partial charge < -0.3 is 19.7 Å². The topological polar surface area (TPSA) is 84.9 Å². The van der Waals surface area contributed by atoms with Crippen LogP contribution >= 0.6 is 0 Å². The highest BCUT2D eigenvalue weighted by Crippen LogP contribution is 2.14. The Bertz CT molecular complexity index is 615. The molecule has 0 radical (unpaired) electrons. The maximum absolute atomic E-state index is 12.1. The number of amides is 1. The van der Waals surface area contributed by atoms with E-state index in [-0.39, 0.29) is 5.92 Å². The number of carbonyl (C=O) groups is 3. The van der Waals surface area contributed by atoms with Crippen molar-refractivity contribution in [2.45, 2.75) is 26.3 Å². The fourth-order valence-corrected chi connectivity index (χ4v) is 2.14. The second-order valence-electron chi connectivity index (χ2n) is 5.97. The minimum atomic E-state index is -0.765. The Labute approximate surface area is 148 Å². The Morgan fingerprint density at radius 3 is 2.48 bits per heavy atom. The summed E-state index contributed by atoms with van der Waals surface area (Å²) in [6.07, 6.45) is 0.692. The average Bonchev–Trinajstić information content (AvgIpc) is 2.62. The van der Waals surface area contributed by atoms with Gasteiger partial charge in [-0.25, -0.2) is 9.59 Å². The summed E-state index contributed by atoms with van der Waals surface area (Å²) in [5.74, 6) is -1.76. The fourth-order valence-electron chi connectivity index (χ4n) is 2.14. The van der Waals surface area contributed by atoms with Crippen molar-refractivity contribution in [2.24, 2.45) is 5.92 Å². The molecule has 0 bridgehead atoms. The lowest BCUT2D eigenvalue weighted by Gasteiger charge is -2.21. The van der Waals surface area contributed by atoms with E-state index in [1.807, 2.05) is 38.9 Å². The predicted octanol–water partition coefficient (Wildman–Crippen LogP) is 1.61. The van der Waals surface area contributed by atoms with Crippen molar-refractivity contribution < 1.29 is 23.9 Å². The number of carbonyl (C=O) groups excluding carboxylic acids is 3. The van der Waals surface area contributed by atoms with Gasteiger partial charge in [-0.05, 0) is 24.1 Å². The summed E-state index contributed by atoms with van der Waals surface area (Å²) < 4.78 is 9.73. The number of anilines is 1. The van der Waals surface area contributed by atoms with E-state index < -0.39 is 30.5 Å². The Kier molecular flexibility index (Phi) is 7.91. The van der Waals surface area contributed by atoms with Crippen LogP contribution in [0.1, 0.15) is 30.6 Å². The number of rotatable bonds is 8. The third-order valence-electron chi connectivity index (χ3n) is 3.92. The SMILES string of the molecule is CCC(C)C(NC(=O)COC(=O)c1cccc(N(C)C)c1)C(=O)OC. The van der Waals surface area contributed by atoms with E-state index in [0.29, 0.717) is 12.0 Å². The van der Waals surface area contributed by atoms with Crippen LogP contribution in [-0.4, -0.2) is 51.7 Å². The van der Waals surface area contributed by atoms with Crippen LogP contribution in [0.5, 0.6) is 0 Å². The standard InChI is InChI=1S/C18H26N2O5/c1-6-12(2)16(18(23)24-5)19-15(21)11-25-17(22)13-8-7-9-14(10-13)20(3)4/h7-10,12,16H,6,11H2,1-5H3,(H,19,21). The van der Waals surface area contributed by atoms with Gasteiger partial charge in [-0.2, -0.15) is 0 Å². The lowest BCUT2D eigenvalue weighted by atomic mass is 9.99.